The van der Waals surface area contributed by atoms with E-state index in [0.29, 0.717) is 13.0 Å². The lowest BCUT2D eigenvalue weighted by molar-refractivity contribution is -0.287. The Morgan fingerprint density at radius 1 is 1.19 bits per heavy atom. The quantitative estimate of drug-likeness (QED) is 0.748. The van der Waals surface area contributed by atoms with Gasteiger partial charge in [0.05, 0.1) is 5.60 Å². The maximum absolute atomic E-state index is 12.6. The van der Waals surface area contributed by atoms with E-state index in [9.17, 15) is 27.1 Å². The van der Waals surface area contributed by atoms with Crippen molar-refractivity contribution in [3.8, 4) is 0 Å². The minimum absolute atomic E-state index is 0.0704. The largest absolute Gasteiger partial charge is 0.453 e. The molecule has 1 rings (SSSR count). The maximum Gasteiger partial charge on any atom is 0.453 e. The van der Waals surface area contributed by atoms with Gasteiger partial charge >= 0.3 is 12.1 Å². The second-order valence-corrected chi connectivity index (χ2v) is 4.21. The molecule has 2 nitrogen and oxygen atoms in total. The van der Waals surface area contributed by atoms with Crippen LogP contribution in [0, 0.1) is 0 Å². The molecule has 1 aliphatic rings. The molecule has 0 aliphatic carbocycles. The monoisotopic (exact) mass is 247 g/mol. The summed E-state index contributed by atoms with van der Waals surface area (Å²) < 4.78 is 60.8. The summed E-state index contributed by atoms with van der Waals surface area (Å²) in [6, 6.07) is 0. The molecule has 0 bridgehead atoms. The second kappa shape index (κ2) is 4.44. The Bertz CT molecular complexity index is 235. The van der Waals surface area contributed by atoms with Crippen LogP contribution in [0.4, 0.5) is 22.0 Å². The molecule has 0 radical (unpaired) electrons. The van der Waals surface area contributed by atoms with Crippen molar-refractivity contribution < 1.29 is 27.1 Å². The van der Waals surface area contributed by atoms with Crippen LogP contribution in [0.15, 0.2) is 0 Å². The Kier molecular flexibility index (Phi) is 3.79. The maximum atomic E-state index is 12.6. The highest BCUT2D eigenvalue weighted by Gasteiger charge is 2.57. The van der Waals surface area contributed by atoms with Gasteiger partial charge in [0, 0.05) is 13.0 Å². The van der Waals surface area contributed by atoms with E-state index in [1.165, 1.54) is 0 Å². The first-order valence-electron chi connectivity index (χ1n) is 5.04. The molecule has 2 N–H and O–H groups in total. The van der Waals surface area contributed by atoms with Crippen LogP contribution in [0.2, 0.25) is 0 Å². The molecule has 16 heavy (non-hydrogen) atoms. The normalized spacial score (nSPS) is 28.1. The number of piperidine rings is 1. The summed E-state index contributed by atoms with van der Waals surface area (Å²) in [5.74, 6) is -4.72. The van der Waals surface area contributed by atoms with E-state index < -0.39 is 30.5 Å². The Morgan fingerprint density at radius 2 is 1.81 bits per heavy atom. The van der Waals surface area contributed by atoms with Gasteiger partial charge in [-0.05, 0) is 25.8 Å². The number of alkyl halides is 5. The fraction of sp³-hybridized carbons (Fsp3) is 1.00. The molecular weight excluding hydrogens is 233 g/mol. The van der Waals surface area contributed by atoms with Crippen molar-refractivity contribution in [3.05, 3.63) is 0 Å². The standard InChI is InChI=1S/C9H14F5NO/c10-8(11,9(12,13)14)4-3-7(16)2-1-5-15-6-7/h15-16H,1-6H2. The molecule has 1 fully saturated rings. The van der Waals surface area contributed by atoms with Crippen molar-refractivity contribution in [2.75, 3.05) is 13.1 Å². The summed E-state index contributed by atoms with van der Waals surface area (Å²) >= 11 is 0. The number of nitrogens with one attached hydrogen (secondary N) is 1. The van der Waals surface area contributed by atoms with E-state index in [1.54, 1.807) is 0 Å². The minimum Gasteiger partial charge on any atom is -0.389 e. The third-order valence-electron chi connectivity index (χ3n) is 2.77. The predicted octanol–water partition coefficient (Wildman–Crippen LogP) is 2.08. The van der Waals surface area contributed by atoms with Crippen molar-refractivity contribution in [1.29, 1.82) is 0 Å². The molecule has 0 spiro atoms. The number of aliphatic hydroxyl groups is 1. The average Bonchev–Trinajstić information content (AvgIpc) is 2.15. The van der Waals surface area contributed by atoms with E-state index in [-0.39, 0.29) is 13.0 Å². The van der Waals surface area contributed by atoms with Gasteiger partial charge in [-0.3, -0.25) is 0 Å². The molecule has 1 unspecified atom stereocenters. The zero-order chi connectivity index (χ0) is 12.4. The van der Waals surface area contributed by atoms with E-state index in [4.69, 9.17) is 0 Å². The third-order valence-corrected chi connectivity index (χ3v) is 2.77. The lowest BCUT2D eigenvalue weighted by Crippen LogP contribution is -2.47. The van der Waals surface area contributed by atoms with E-state index in [0.717, 1.165) is 0 Å². The fourth-order valence-electron chi connectivity index (χ4n) is 1.70. The minimum atomic E-state index is -5.54. The van der Waals surface area contributed by atoms with E-state index in [2.05, 4.69) is 5.32 Å². The van der Waals surface area contributed by atoms with E-state index >= 15 is 0 Å². The van der Waals surface area contributed by atoms with Gasteiger partial charge in [-0.25, -0.2) is 0 Å². The number of hydrogen-bond acceptors (Lipinski definition) is 2. The van der Waals surface area contributed by atoms with Crippen LogP contribution >= 0.6 is 0 Å². The van der Waals surface area contributed by atoms with Gasteiger partial charge in [0.2, 0.25) is 0 Å². The van der Waals surface area contributed by atoms with Crippen molar-refractivity contribution in [3.63, 3.8) is 0 Å². The molecule has 1 aliphatic heterocycles. The van der Waals surface area contributed by atoms with Gasteiger partial charge in [0.15, 0.2) is 0 Å². The Labute approximate surface area is 89.8 Å². The Morgan fingerprint density at radius 3 is 2.25 bits per heavy atom. The van der Waals surface area contributed by atoms with Crippen LogP contribution in [0.5, 0.6) is 0 Å². The van der Waals surface area contributed by atoms with Gasteiger partial charge in [-0.1, -0.05) is 0 Å². The molecule has 1 heterocycles. The molecular formula is C9H14F5NO. The summed E-state index contributed by atoms with van der Waals surface area (Å²) in [6.45, 7) is 0.721. The predicted molar refractivity (Wildman–Crippen MR) is 47.3 cm³/mol. The zero-order valence-corrected chi connectivity index (χ0v) is 8.58. The SMILES string of the molecule is OC1(CCC(F)(F)C(F)(F)F)CCCNC1. The highest BCUT2D eigenvalue weighted by atomic mass is 19.4. The summed E-state index contributed by atoms with van der Waals surface area (Å²) in [4.78, 5) is 0. The number of hydrogen-bond donors (Lipinski definition) is 2. The summed E-state index contributed by atoms with van der Waals surface area (Å²) in [5, 5.41) is 12.5. The van der Waals surface area contributed by atoms with Gasteiger partial charge in [-0.2, -0.15) is 22.0 Å². The molecule has 0 aromatic heterocycles. The van der Waals surface area contributed by atoms with Gasteiger partial charge in [-0.15, -0.1) is 0 Å². The lowest BCUT2D eigenvalue weighted by Gasteiger charge is -2.34. The van der Waals surface area contributed by atoms with Gasteiger partial charge in [0.25, 0.3) is 0 Å². The van der Waals surface area contributed by atoms with Crippen LogP contribution in [0.1, 0.15) is 25.7 Å². The fourth-order valence-corrected chi connectivity index (χ4v) is 1.70. The smallest absolute Gasteiger partial charge is 0.389 e. The third kappa shape index (κ3) is 3.28. The number of rotatable bonds is 3. The highest BCUT2D eigenvalue weighted by Crippen LogP contribution is 2.40. The summed E-state index contributed by atoms with van der Waals surface area (Å²) in [7, 11) is 0. The van der Waals surface area contributed by atoms with Gasteiger partial charge < -0.3 is 10.4 Å². The van der Waals surface area contributed by atoms with Crippen LogP contribution in [-0.2, 0) is 0 Å². The lowest BCUT2D eigenvalue weighted by atomic mass is 9.88. The van der Waals surface area contributed by atoms with Crippen molar-refractivity contribution >= 4 is 0 Å². The number of halogens is 5. The van der Waals surface area contributed by atoms with Gasteiger partial charge in [0.1, 0.15) is 0 Å². The average molecular weight is 247 g/mol. The summed E-state index contributed by atoms with van der Waals surface area (Å²) in [6.07, 6.45) is -6.62. The molecule has 1 atom stereocenters. The van der Waals surface area contributed by atoms with Crippen LogP contribution in [0.3, 0.4) is 0 Å². The van der Waals surface area contributed by atoms with Crippen molar-refractivity contribution in [2.24, 2.45) is 0 Å². The first-order valence-corrected chi connectivity index (χ1v) is 5.04. The number of β-amino-alcohol motifs (C(OH)–C–C–N with tert-alkyl or cyclic N) is 1. The Hall–Kier alpha value is -0.430. The molecule has 7 heteroatoms. The van der Waals surface area contributed by atoms with Crippen molar-refractivity contribution in [2.45, 2.75) is 43.4 Å². The second-order valence-electron chi connectivity index (χ2n) is 4.21. The molecule has 0 aromatic rings. The highest BCUT2D eigenvalue weighted by molar-refractivity contribution is 4.88. The van der Waals surface area contributed by atoms with Crippen molar-refractivity contribution in [1.82, 2.24) is 5.32 Å². The molecule has 0 aromatic carbocycles. The zero-order valence-electron chi connectivity index (χ0n) is 8.58. The first-order chi connectivity index (χ1) is 7.16. The van der Waals surface area contributed by atoms with E-state index in [1.807, 2.05) is 0 Å². The summed E-state index contributed by atoms with van der Waals surface area (Å²) in [5.41, 5.74) is -1.44. The first kappa shape index (κ1) is 13.6. The van der Waals surface area contributed by atoms with Crippen LogP contribution < -0.4 is 5.32 Å². The topological polar surface area (TPSA) is 32.3 Å². The molecule has 0 saturated carbocycles. The Balaban J connectivity index is 2.50. The van der Waals surface area contributed by atoms with Crippen LogP contribution in [-0.4, -0.2) is 35.9 Å². The molecule has 0 amide bonds. The van der Waals surface area contributed by atoms with Crippen LogP contribution in [0.25, 0.3) is 0 Å². The molecule has 96 valence electrons. The molecule has 1 saturated heterocycles.